The maximum absolute atomic E-state index is 5.53. The van der Waals surface area contributed by atoms with E-state index >= 15 is 0 Å². The molecule has 0 saturated heterocycles. The van der Waals surface area contributed by atoms with Gasteiger partial charge in [-0.3, -0.25) is 0 Å². The number of hydrogen-bond acceptors (Lipinski definition) is 2. The molecule has 2 rings (SSSR count). The quantitative estimate of drug-likeness (QED) is 0.631. The first kappa shape index (κ1) is 12.2. The molecular formula is C15H19NO. The third kappa shape index (κ3) is 3.33. The minimum absolute atomic E-state index is 0.0917. The second kappa shape index (κ2) is 5.86. The van der Waals surface area contributed by atoms with Gasteiger partial charge in [0.25, 0.3) is 0 Å². The number of ether oxygens (including phenoxy) is 1. The molecule has 1 N–H and O–H groups in total. The van der Waals surface area contributed by atoms with Crippen LogP contribution in [0, 0.1) is 11.8 Å². The van der Waals surface area contributed by atoms with Crippen LogP contribution in [0.5, 0.6) is 0 Å². The van der Waals surface area contributed by atoms with E-state index in [1.807, 2.05) is 30.3 Å². The van der Waals surface area contributed by atoms with Crippen LogP contribution in [0.25, 0.3) is 0 Å². The zero-order valence-electron chi connectivity index (χ0n) is 10.3. The van der Waals surface area contributed by atoms with Gasteiger partial charge in [-0.25, -0.2) is 0 Å². The van der Waals surface area contributed by atoms with Gasteiger partial charge >= 0.3 is 0 Å². The Labute approximate surface area is 103 Å². The largest absolute Gasteiger partial charge is 0.377 e. The molecule has 2 nitrogen and oxygen atoms in total. The van der Waals surface area contributed by atoms with Crippen molar-refractivity contribution in [1.82, 2.24) is 5.32 Å². The molecule has 2 heteroatoms. The molecular weight excluding hydrogens is 210 g/mol. The molecule has 90 valence electrons. The van der Waals surface area contributed by atoms with E-state index in [1.54, 1.807) is 7.11 Å². The highest BCUT2D eigenvalue weighted by Crippen LogP contribution is 2.34. The van der Waals surface area contributed by atoms with Gasteiger partial charge in [0.15, 0.2) is 0 Å². The number of hydrogen-bond donors (Lipinski definition) is 1. The van der Waals surface area contributed by atoms with Crippen molar-refractivity contribution >= 4 is 0 Å². The van der Waals surface area contributed by atoms with Crippen LogP contribution >= 0.6 is 0 Å². The summed E-state index contributed by atoms with van der Waals surface area (Å²) in [6.45, 7) is 1.63. The molecule has 0 bridgehead atoms. The molecule has 1 fully saturated rings. The zero-order chi connectivity index (χ0) is 12.0. The molecule has 0 aliphatic heterocycles. The fourth-order valence-electron chi connectivity index (χ4n) is 2.04. The van der Waals surface area contributed by atoms with E-state index in [-0.39, 0.29) is 5.60 Å². The highest BCUT2D eigenvalue weighted by Gasteiger charge is 2.36. The Morgan fingerprint density at radius 2 is 2.06 bits per heavy atom. The summed E-state index contributed by atoms with van der Waals surface area (Å²) >= 11 is 0. The zero-order valence-corrected chi connectivity index (χ0v) is 10.3. The van der Waals surface area contributed by atoms with E-state index in [4.69, 9.17) is 4.74 Å². The number of rotatable bonds is 4. The van der Waals surface area contributed by atoms with Crippen molar-refractivity contribution in [3.8, 4) is 11.8 Å². The fraction of sp³-hybridized carbons (Fsp3) is 0.467. The van der Waals surface area contributed by atoms with Crippen molar-refractivity contribution in [2.24, 2.45) is 0 Å². The highest BCUT2D eigenvalue weighted by molar-refractivity contribution is 5.33. The Morgan fingerprint density at radius 3 is 2.65 bits per heavy atom. The van der Waals surface area contributed by atoms with Crippen molar-refractivity contribution in [3.05, 3.63) is 35.9 Å². The van der Waals surface area contributed by atoms with Crippen LogP contribution in [0.4, 0.5) is 0 Å². The number of methoxy groups -OCH3 is 1. The average molecular weight is 229 g/mol. The lowest BCUT2D eigenvalue weighted by Gasteiger charge is -2.40. The molecule has 0 atom stereocenters. The van der Waals surface area contributed by atoms with Crippen molar-refractivity contribution in [2.75, 3.05) is 20.2 Å². The van der Waals surface area contributed by atoms with Crippen LogP contribution in [-0.2, 0) is 4.74 Å². The van der Waals surface area contributed by atoms with E-state index in [2.05, 4.69) is 17.2 Å². The number of benzene rings is 1. The van der Waals surface area contributed by atoms with Crippen LogP contribution in [0.3, 0.4) is 0 Å². The van der Waals surface area contributed by atoms with Crippen LogP contribution in [0.1, 0.15) is 24.8 Å². The summed E-state index contributed by atoms with van der Waals surface area (Å²) in [6.07, 6.45) is 3.62. The molecule has 0 unspecified atom stereocenters. The lowest BCUT2D eigenvalue weighted by atomic mass is 9.80. The van der Waals surface area contributed by atoms with E-state index in [9.17, 15) is 0 Å². The smallest absolute Gasteiger partial charge is 0.0802 e. The first-order valence-electron chi connectivity index (χ1n) is 6.14. The first-order chi connectivity index (χ1) is 8.35. The van der Waals surface area contributed by atoms with Crippen LogP contribution in [-0.4, -0.2) is 25.8 Å². The van der Waals surface area contributed by atoms with Crippen LogP contribution < -0.4 is 5.32 Å². The third-order valence-corrected chi connectivity index (χ3v) is 3.36. The van der Waals surface area contributed by atoms with E-state index in [1.165, 1.54) is 19.3 Å². The van der Waals surface area contributed by atoms with Gasteiger partial charge in [0.05, 0.1) is 12.1 Å². The lowest BCUT2D eigenvalue weighted by molar-refractivity contribution is -0.0687. The SMILES string of the molecule is COC1(CNCC#Cc2ccccc2)CCC1. The van der Waals surface area contributed by atoms with Gasteiger partial charge in [-0.2, -0.15) is 0 Å². The molecule has 0 spiro atoms. The Bertz CT molecular complexity index is 392. The summed E-state index contributed by atoms with van der Waals surface area (Å²) in [4.78, 5) is 0. The molecule has 0 heterocycles. The van der Waals surface area contributed by atoms with Gasteiger partial charge < -0.3 is 10.1 Å². The van der Waals surface area contributed by atoms with Gasteiger partial charge in [-0.1, -0.05) is 30.0 Å². The molecule has 17 heavy (non-hydrogen) atoms. The molecule has 1 aromatic rings. The Hall–Kier alpha value is -1.30. The summed E-state index contributed by atoms with van der Waals surface area (Å²) in [7, 11) is 1.80. The summed E-state index contributed by atoms with van der Waals surface area (Å²) in [5.41, 5.74) is 1.16. The maximum Gasteiger partial charge on any atom is 0.0802 e. The normalized spacial score (nSPS) is 16.8. The monoisotopic (exact) mass is 229 g/mol. The Kier molecular flexibility index (Phi) is 4.19. The summed E-state index contributed by atoms with van der Waals surface area (Å²) in [5.74, 6) is 6.26. The van der Waals surface area contributed by atoms with Gasteiger partial charge in [0.2, 0.25) is 0 Å². The van der Waals surface area contributed by atoms with Gasteiger partial charge in [0, 0.05) is 19.2 Å². The lowest BCUT2D eigenvalue weighted by Crippen LogP contribution is -2.48. The molecule has 1 aliphatic carbocycles. The van der Waals surface area contributed by atoms with Gasteiger partial charge in [-0.15, -0.1) is 0 Å². The van der Waals surface area contributed by atoms with Crippen molar-refractivity contribution in [1.29, 1.82) is 0 Å². The van der Waals surface area contributed by atoms with Crippen molar-refractivity contribution in [3.63, 3.8) is 0 Å². The Morgan fingerprint density at radius 1 is 1.29 bits per heavy atom. The van der Waals surface area contributed by atoms with Crippen LogP contribution in [0.2, 0.25) is 0 Å². The van der Waals surface area contributed by atoms with Gasteiger partial charge in [-0.05, 0) is 31.4 Å². The van der Waals surface area contributed by atoms with Gasteiger partial charge in [0.1, 0.15) is 0 Å². The topological polar surface area (TPSA) is 21.3 Å². The van der Waals surface area contributed by atoms with E-state index in [0.717, 1.165) is 18.7 Å². The second-order valence-corrected chi connectivity index (χ2v) is 4.51. The predicted octanol–water partition coefficient (Wildman–Crippen LogP) is 2.20. The van der Waals surface area contributed by atoms with Crippen molar-refractivity contribution < 1.29 is 4.74 Å². The number of nitrogens with one attached hydrogen (secondary N) is 1. The van der Waals surface area contributed by atoms with Crippen molar-refractivity contribution in [2.45, 2.75) is 24.9 Å². The molecule has 1 aliphatic rings. The van der Waals surface area contributed by atoms with E-state index < -0.39 is 0 Å². The van der Waals surface area contributed by atoms with E-state index in [0.29, 0.717) is 0 Å². The standard InChI is InChI=1S/C15H19NO/c1-17-15(10-6-11-15)13-16-12-5-9-14-7-3-2-4-8-14/h2-4,7-8,16H,6,10-13H2,1H3. The minimum atomic E-state index is 0.0917. The molecule has 0 radical (unpaired) electrons. The molecule has 1 aromatic carbocycles. The first-order valence-corrected chi connectivity index (χ1v) is 6.14. The summed E-state index contributed by atoms with van der Waals surface area (Å²) < 4.78 is 5.53. The average Bonchev–Trinajstić information content (AvgIpc) is 2.33. The minimum Gasteiger partial charge on any atom is -0.377 e. The highest BCUT2D eigenvalue weighted by atomic mass is 16.5. The summed E-state index contributed by atoms with van der Waals surface area (Å²) in [5, 5.41) is 3.35. The fourth-order valence-corrected chi connectivity index (χ4v) is 2.04. The maximum atomic E-state index is 5.53. The molecule has 0 amide bonds. The second-order valence-electron chi connectivity index (χ2n) is 4.51. The molecule has 1 saturated carbocycles. The third-order valence-electron chi connectivity index (χ3n) is 3.36. The van der Waals surface area contributed by atoms with Crippen LogP contribution in [0.15, 0.2) is 30.3 Å². The molecule has 0 aromatic heterocycles. The Balaban J connectivity index is 1.72. The predicted molar refractivity (Wildman–Crippen MR) is 69.8 cm³/mol. The summed E-state index contributed by atoms with van der Waals surface area (Å²) in [6, 6.07) is 10.1.